The Bertz CT molecular complexity index is 248. The quantitative estimate of drug-likeness (QED) is 0.430. The Labute approximate surface area is 114 Å². The maximum absolute atomic E-state index is 9.97. The number of hydrogen-bond acceptors (Lipinski definition) is 5. The first-order valence-corrected chi connectivity index (χ1v) is 7.32. The summed E-state index contributed by atoms with van der Waals surface area (Å²) < 4.78 is 0. The van der Waals surface area contributed by atoms with E-state index in [0.29, 0.717) is 25.7 Å². The van der Waals surface area contributed by atoms with Crippen molar-refractivity contribution in [3.63, 3.8) is 0 Å². The SMILES string of the molecule is CCCC(O)CCC1C(O)CC(O)C1CC(O)CO. The van der Waals surface area contributed by atoms with Crippen molar-refractivity contribution < 1.29 is 25.5 Å². The summed E-state index contributed by atoms with van der Waals surface area (Å²) in [6.45, 7) is 1.68. The zero-order valence-electron chi connectivity index (χ0n) is 11.6. The molecule has 0 spiro atoms. The summed E-state index contributed by atoms with van der Waals surface area (Å²) >= 11 is 0. The molecular weight excluding hydrogens is 248 g/mol. The van der Waals surface area contributed by atoms with E-state index in [-0.39, 0.29) is 24.5 Å². The first-order valence-electron chi connectivity index (χ1n) is 7.32. The molecule has 1 rings (SSSR count). The predicted molar refractivity (Wildman–Crippen MR) is 71.5 cm³/mol. The summed E-state index contributed by atoms with van der Waals surface area (Å²) in [6, 6.07) is 0. The van der Waals surface area contributed by atoms with Crippen molar-refractivity contribution in [2.24, 2.45) is 11.8 Å². The van der Waals surface area contributed by atoms with Crippen LogP contribution in [0.4, 0.5) is 0 Å². The molecule has 1 saturated carbocycles. The fraction of sp³-hybridized carbons (Fsp3) is 1.00. The van der Waals surface area contributed by atoms with Crippen LogP contribution in [0.2, 0.25) is 0 Å². The molecule has 1 fully saturated rings. The zero-order chi connectivity index (χ0) is 14.4. The third-order valence-corrected chi connectivity index (χ3v) is 4.23. The van der Waals surface area contributed by atoms with Gasteiger partial charge in [0, 0.05) is 0 Å². The second-order valence-electron chi connectivity index (χ2n) is 5.79. The van der Waals surface area contributed by atoms with Crippen LogP contribution in [0.1, 0.15) is 45.4 Å². The van der Waals surface area contributed by atoms with Gasteiger partial charge < -0.3 is 25.5 Å². The van der Waals surface area contributed by atoms with Gasteiger partial charge in [-0.05, 0) is 43.9 Å². The van der Waals surface area contributed by atoms with E-state index < -0.39 is 18.3 Å². The Morgan fingerprint density at radius 1 is 1.00 bits per heavy atom. The minimum Gasteiger partial charge on any atom is -0.394 e. The van der Waals surface area contributed by atoms with Gasteiger partial charge in [-0.15, -0.1) is 0 Å². The van der Waals surface area contributed by atoms with Gasteiger partial charge in [-0.2, -0.15) is 0 Å². The maximum Gasteiger partial charge on any atom is 0.0774 e. The molecule has 0 radical (unpaired) electrons. The number of rotatable bonds is 8. The molecule has 0 aliphatic heterocycles. The van der Waals surface area contributed by atoms with E-state index in [1.54, 1.807) is 0 Å². The standard InChI is InChI=1S/C14H28O5/c1-2-3-9(16)4-5-11-12(6-10(17)8-15)14(19)7-13(11)18/h9-19H,2-8H2,1H3. The van der Waals surface area contributed by atoms with E-state index in [4.69, 9.17) is 5.11 Å². The van der Waals surface area contributed by atoms with Crippen LogP contribution in [-0.2, 0) is 0 Å². The molecule has 0 aromatic rings. The first kappa shape index (κ1) is 16.9. The van der Waals surface area contributed by atoms with Crippen molar-refractivity contribution in [1.29, 1.82) is 0 Å². The van der Waals surface area contributed by atoms with Crippen LogP contribution in [-0.4, -0.2) is 56.6 Å². The van der Waals surface area contributed by atoms with Gasteiger partial charge in [0.25, 0.3) is 0 Å². The van der Waals surface area contributed by atoms with Crippen LogP contribution in [0.5, 0.6) is 0 Å². The molecule has 1 aliphatic rings. The van der Waals surface area contributed by atoms with Crippen molar-refractivity contribution >= 4 is 0 Å². The van der Waals surface area contributed by atoms with Gasteiger partial charge in [0.2, 0.25) is 0 Å². The number of hydrogen-bond donors (Lipinski definition) is 5. The van der Waals surface area contributed by atoms with E-state index in [0.717, 1.165) is 12.8 Å². The van der Waals surface area contributed by atoms with Gasteiger partial charge in [-0.25, -0.2) is 0 Å². The van der Waals surface area contributed by atoms with Gasteiger partial charge in [0.1, 0.15) is 0 Å². The fourth-order valence-corrected chi connectivity index (χ4v) is 3.16. The van der Waals surface area contributed by atoms with E-state index >= 15 is 0 Å². The van der Waals surface area contributed by atoms with Crippen molar-refractivity contribution in [3.8, 4) is 0 Å². The highest BCUT2D eigenvalue weighted by atomic mass is 16.3. The number of aliphatic hydroxyl groups is 5. The predicted octanol–water partition coefficient (Wildman–Crippen LogP) is 0.0288. The molecule has 6 atom stereocenters. The average Bonchev–Trinajstić information content (AvgIpc) is 2.62. The van der Waals surface area contributed by atoms with Gasteiger partial charge in [-0.3, -0.25) is 0 Å². The molecule has 0 saturated heterocycles. The molecule has 6 unspecified atom stereocenters. The van der Waals surface area contributed by atoms with Crippen LogP contribution < -0.4 is 0 Å². The van der Waals surface area contributed by atoms with Crippen molar-refractivity contribution in [2.75, 3.05) is 6.61 Å². The molecule has 0 heterocycles. The minimum atomic E-state index is -0.854. The highest BCUT2D eigenvalue weighted by Gasteiger charge is 2.41. The second-order valence-corrected chi connectivity index (χ2v) is 5.79. The molecule has 0 aromatic heterocycles. The Hall–Kier alpha value is -0.200. The Balaban J connectivity index is 2.51. The summed E-state index contributed by atoms with van der Waals surface area (Å²) in [6.07, 6.45) is 1.09. The average molecular weight is 276 g/mol. The summed E-state index contributed by atoms with van der Waals surface area (Å²) in [4.78, 5) is 0. The Morgan fingerprint density at radius 2 is 1.63 bits per heavy atom. The van der Waals surface area contributed by atoms with Gasteiger partial charge in [0.05, 0.1) is 31.0 Å². The molecule has 19 heavy (non-hydrogen) atoms. The normalized spacial score (nSPS) is 34.4. The summed E-state index contributed by atoms with van der Waals surface area (Å²) in [5.41, 5.74) is 0. The fourth-order valence-electron chi connectivity index (χ4n) is 3.16. The number of aliphatic hydroxyl groups excluding tert-OH is 5. The van der Waals surface area contributed by atoms with E-state index in [1.807, 2.05) is 6.92 Å². The molecule has 0 aromatic carbocycles. The van der Waals surface area contributed by atoms with Crippen LogP contribution in [0, 0.1) is 11.8 Å². The molecule has 5 nitrogen and oxygen atoms in total. The van der Waals surface area contributed by atoms with Crippen molar-refractivity contribution in [3.05, 3.63) is 0 Å². The summed E-state index contributed by atoms with van der Waals surface area (Å²) in [5, 5.41) is 48.0. The lowest BCUT2D eigenvalue weighted by molar-refractivity contribution is 0.0262. The first-order chi connectivity index (χ1) is 8.99. The topological polar surface area (TPSA) is 101 Å². The second kappa shape index (κ2) is 8.17. The largest absolute Gasteiger partial charge is 0.394 e. The van der Waals surface area contributed by atoms with Gasteiger partial charge >= 0.3 is 0 Å². The lowest BCUT2D eigenvalue weighted by Gasteiger charge is -2.26. The summed E-state index contributed by atoms with van der Waals surface area (Å²) in [7, 11) is 0. The van der Waals surface area contributed by atoms with Crippen molar-refractivity contribution in [1.82, 2.24) is 0 Å². The monoisotopic (exact) mass is 276 g/mol. The zero-order valence-corrected chi connectivity index (χ0v) is 11.6. The minimum absolute atomic E-state index is 0.109. The highest BCUT2D eigenvalue weighted by Crippen LogP contribution is 2.38. The smallest absolute Gasteiger partial charge is 0.0774 e. The third-order valence-electron chi connectivity index (χ3n) is 4.23. The van der Waals surface area contributed by atoms with Crippen LogP contribution in [0.25, 0.3) is 0 Å². The molecule has 5 heteroatoms. The lowest BCUT2D eigenvalue weighted by Crippen LogP contribution is -2.28. The molecule has 5 N–H and O–H groups in total. The molecular formula is C14H28O5. The maximum atomic E-state index is 9.97. The molecule has 0 bridgehead atoms. The third kappa shape index (κ3) is 5.00. The van der Waals surface area contributed by atoms with E-state index in [1.165, 1.54) is 0 Å². The Kier molecular flexibility index (Phi) is 7.25. The van der Waals surface area contributed by atoms with Crippen LogP contribution in [0.15, 0.2) is 0 Å². The lowest BCUT2D eigenvalue weighted by atomic mass is 9.84. The van der Waals surface area contributed by atoms with Gasteiger partial charge in [0.15, 0.2) is 0 Å². The molecule has 114 valence electrons. The highest BCUT2D eigenvalue weighted by molar-refractivity contribution is 4.92. The van der Waals surface area contributed by atoms with Crippen LogP contribution >= 0.6 is 0 Å². The molecule has 1 aliphatic carbocycles. The van der Waals surface area contributed by atoms with E-state index in [9.17, 15) is 20.4 Å². The summed E-state index contributed by atoms with van der Waals surface area (Å²) in [5.74, 6) is -0.311. The van der Waals surface area contributed by atoms with Gasteiger partial charge in [-0.1, -0.05) is 13.3 Å². The van der Waals surface area contributed by atoms with Crippen molar-refractivity contribution in [2.45, 2.75) is 69.9 Å². The molecule has 0 amide bonds. The van der Waals surface area contributed by atoms with Crippen LogP contribution in [0.3, 0.4) is 0 Å². The Morgan fingerprint density at radius 3 is 2.21 bits per heavy atom. The van der Waals surface area contributed by atoms with E-state index in [2.05, 4.69) is 0 Å².